The van der Waals surface area contributed by atoms with Crippen LogP contribution in [0.1, 0.15) is 18.0 Å². The van der Waals surface area contributed by atoms with Crippen molar-refractivity contribution in [3.05, 3.63) is 38.9 Å². The molecule has 0 saturated carbocycles. The van der Waals surface area contributed by atoms with Crippen molar-refractivity contribution in [2.45, 2.75) is 12.5 Å². The molecule has 0 saturated heterocycles. The van der Waals surface area contributed by atoms with E-state index in [9.17, 15) is 10.1 Å². The summed E-state index contributed by atoms with van der Waals surface area (Å²) in [6, 6.07) is 3.77. The van der Waals surface area contributed by atoms with Gasteiger partial charge in [0.25, 0.3) is 5.69 Å². The number of halogens is 1. The molecule has 0 amide bonds. The Hall–Kier alpha value is -1.17. The van der Waals surface area contributed by atoms with Crippen LogP contribution in [0.5, 0.6) is 0 Å². The van der Waals surface area contributed by atoms with Gasteiger partial charge in [0.15, 0.2) is 0 Å². The predicted molar refractivity (Wildman–Crippen MR) is 56.7 cm³/mol. The third-order valence-corrected chi connectivity index (χ3v) is 2.26. The number of rotatable bonds is 4. The molecular weight excluding hydrogens is 220 g/mol. The highest BCUT2D eigenvalue weighted by Crippen LogP contribution is 2.28. The Balaban J connectivity index is 3.10. The monoisotopic (exact) mass is 230 g/mol. The van der Waals surface area contributed by atoms with E-state index < -0.39 is 11.0 Å². The molecule has 1 aromatic carbocycles. The molecule has 1 rings (SSSR count). The molecule has 0 aromatic heterocycles. The largest absolute Gasteiger partial charge is 0.396 e. The molecule has 3 N–H and O–H groups in total. The maximum atomic E-state index is 10.7. The Kier molecular flexibility index (Phi) is 4.02. The summed E-state index contributed by atoms with van der Waals surface area (Å²) < 4.78 is 0. The Bertz CT molecular complexity index is 370. The first-order chi connectivity index (χ1) is 7.06. The SMILES string of the molecule is NC(CCO)c1ccc(Cl)cc1[N+](=O)[O-]. The average molecular weight is 231 g/mol. The highest BCUT2D eigenvalue weighted by molar-refractivity contribution is 6.30. The Morgan fingerprint density at radius 2 is 2.27 bits per heavy atom. The molecule has 6 heteroatoms. The molecule has 0 radical (unpaired) electrons. The summed E-state index contributed by atoms with van der Waals surface area (Å²) in [5.41, 5.74) is 5.97. The van der Waals surface area contributed by atoms with Crippen molar-refractivity contribution in [2.75, 3.05) is 6.61 Å². The topological polar surface area (TPSA) is 89.4 Å². The Morgan fingerprint density at radius 3 is 2.80 bits per heavy atom. The lowest BCUT2D eigenvalue weighted by Crippen LogP contribution is -2.13. The van der Waals surface area contributed by atoms with Gasteiger partial charge in [-0.2, -0.15) is 0 Å². The molecule has 15 heavy (non-hydrogen) atoms. The zero-order valence-electron chi connectivity index (χ0n) is 7.89. The Morgan fingerprint density at radius 1 is 1.60 bits per heavy atom. The van der Waals surface area contributed by atoms with Crippen LogP contribution in [-0.4, -0.2) is 16.6 Å². The number of nitro benzene ring substituents is 1. The zero-order chi connectivity index (χ0) is 11.4. The van der Waals surface area contributed by atoms with Gasteiger partial charge in [-0.15, -0.1) is 0 Å². The van der Waals surface area contributed by atoms with E-state index in [1.165, 1.54) is 12.1 Å². The van der Waals surface area contributed by atoms with E-state index in [1.54, 1.807) is 6.07 Å². The molecule has 0 aliphatic rings. The van der Waals surface area contributed by atoms with Gasteiger partial charge in [-0.3, -0.25) is 10.1 Å². The summed E-state index contributed by atoms with van der Waals surface area (Å²) in [7, 11) is 0. The van der Waals surface area contributed by atoms with Crippen LogP contribution in [0.3, 0.4) is 0 Å². The number of aliphatic hydroxyl groups excluding tert-OH is 1. The van der Waals surface area contributed by atoms with Gasteiger partial charge in [0.2, 0.25) is 0 Å². The van der Waals surface area contributed by atoms with Crippen molar-refractivity contribution in [1.29, 1.82) is 0 Å². The molecular formula is C9H11ClN2O3. The zero-order valence-corrected chi connectivity index (χ0v) is 8.65. The number of nitrogens with zero attached hydrogens (tertiary/aromatic N) is 1. The van der Waals surface area contributed by atoms with Crippen LogP contribution >= 0.6 is 11.6 Å². The second-order valence-corrected chi connectivity index (χ2v) is 3.52. The van der Waals surface area contributed by atoms with Crippen molar-refractivity contribution < 1.29 is 10.0 Å². The fourth-order valence-electron chi connectivity index (χ4n) is 1.28. The lowest BCUT2D eigenvalue weighted by atomic mass is 10.0. The molecule has 0 bridgehead atoms. The van der Waals surface area contributed by atoms with Gasteiger partial charge in [-0.1, -0.05) is 11.6 Å². The van der Waals surface area contributed by atoms with E-state index in [0.29, 0.717) is 10.6 Å². The number of nitro groups is 1. The maximum absolute atomic E-state index is 10.7. The summed E-state index contributed by atoms with van der Waals surface area (Å²) in [4.78, 5) is 10.2. The highest BCUT2D eigenvalue weighted by Gasteiger charge is 2.19. The molecule has 1 aromatic rings. The number of hydrogen-bond acceptors (Lipinski definition) is 4. The number of aliphatic hydroxyl groups is 1. The Labute approximate surface area is 91.6 Å². The first-order valence-electron chi connectivity index (χ1n) is 4.36. The quantitative estimate of drug-likeness (QED) is 0.608. The summed E-state index contributed by atoms with van der Waals surface area (Å²) in [6.45, 7) is -0.110. The molecule has 1 atom stereocenters. The van der Waals surface area contributed by atoms with E-state index in [4.69, 9.17) is 22.4 Å². The van der Waals surface area contributed by atoms with Gasteiger partial charge in [-0.25, -0.2) is 0 Å². The van der Waals surface area contributed by atoms with Crippen molar-refractivity contribution >= 4 is 17.3 Å². The third-order valence-electron chi connectivity index (χ3n) is 2.03. The first-order valence-corrected chi connectivity index (χ1v) is 4.74. The molecule has 5 nitrogen and oxygen atoms in total. The highest BCUT2D eigenvalue weighted by atomic mass is 35.5. The van der Waals surface area contributed by atoms with Crippen LogP contribution in [0.4, 0.5) is 5.69 Å². The molecule has 82 valence electrons. The van der Waals surface area contributed by atoms with Crippen molar-refractivity contribution in [1.82, 2.24) is 0 Å². The van der Waals surface area contributed by atoms with E-state index in [0.717, 1.165) is 0 Å². The maximum Gasteiger partial charge on any atom is 0.275 e. The average Bonchev–Trinajstić information content (AvgIpc) is 2.17. The van der Waals surface area contributed by atoms with Crippen molar-refractivity contribution in [3.63, 3.8) is 0 Å². The summed E-state index contributed by atoms with van der Waals surface area (Å²) >= 11 is 5.65. The minimum Gasteiger partial charge on any atom is -0.396 e. The van der Waals surface area contributed by atoms with Crippen LogP contribution in [0.2, 0.25) is 5.02 Å². The van der Waals surface area contributed by atoms with Crippen LogP contribution in [0.15, 0.2) is 18.2 Å². The lowest BCUT2D eigenvalue weighted by molar-refractivity contribution is -0.385. The normalized spacial score (nSPS) is 12.5. The molecule has 0 aliphatic carbocycles. The van der Waals surface area contributed by atoms with Crippen LogP contribution in [0, 0.1) is 10.1 Å². The summed E-state index contributed by atoms with van der Waals surface area (Å²) in [6.07, 6.45) is 0.280. The molecule has 0 fully saturated rings. The smallest absolute Gasteiger partial charge is 0.275 e. The van der Waals surface area contributed by atoms with Gasteiger partial charge in [0.05, 0.1) is 4.92 Å². The standard InChI is InChI=1S/C9H11ClN2O3/c10-6-1-2-7(8(11)3-4-13)9(5-6)12(14)15/h1-2,5,8,13H,3-4,11H2. The number of hydrogen-bond donors (Lipinski definition) is 2. The third kappa shape index (κ3) is 2.89. The summed E-state index contributed by atoms with van der Waals surface area (Å²) in [5, 5.41) is 19.7. The van der Waals surface area contributed by atoms with E-state index in [-0.39, 0.29) is 18.7 Å². The second-order valence-electron chi connectivity index (χ2n) is 3.08. The number of nitrogens with two attached hydrogens (primary N) is 1. The molecule has 0 aliphatic heterocycles. The molecule has 0 heterocycles. The van der Waals surface area contributed by atoms with Crippen molar-refractivity contribution in [2.24, 2.45) is 5.73 Å². The lowest BCUT2D eigenvalue weighted by Gasteiger charge is -2.10. The van der Waals surface area contributed by atoms with E-state index >= 15 is 0 Å². The first kappa shape index (κ1) is 11.9. The predicted octanol–water partition coefficient (Wildman–Crippen LogP) is 1.63. The summed E-state index contributed by atoms with van der Waals surface area (Å²) in [5.74, 6) is 0. The van der Waals surface area contributed by atoms with Crippen LogP contribution in [0.25, 0.3) is 0 Å². The van der Waals surface area contributed by atoms with Gasteiger partial charge >= 0.3 is 0 Å². The van der Waals surface area contributed by atoms with Gasteiger partial charge < -0.3 is 10.8 Å². The fraction of sp³-hybridized carbons (Fsp3) is 0.333. The molecule has 1 unspecified atom stereocenters. The van der Waals surface area contributed by atoms with Crippen LogP contribution < -0.4 is 5.73 Å². The van der Waals surface area contributed by atoms with Gasteiger partial charge in [-0.05, 0) is 18.6 Å². The van der Waals surface area contributed by atoms with Gasteiger partial charge in [0, 0.05) is 29.3 Å². The van der Waals surface area contributed by atoms with E-state index in [1.807, 2.05) is 0 Å². The van der Waals surface area contributed by atoms with Crippen molar-refractivity contribution in [3.8, 4) is 0 Å². The second kappa shape index (κ2) is 5.06. The minimum atomic E-state index is -0.548. The minimum absolute atomic E-state index is 0.108. The van der Waals surface area contributed by atoms with Gasteiger partial charge in [0.1, 0.15) is 0 Å². The fourth-order valence-corrected chi connectivity index (χ4v) is 1.45. The van der Waals surface area contributed by atoms with E-state index in [2.05, 4.69) is 0 Å². The van der Waals surface area contributed by atoms with Crippen LogP contribution in [-0.2, 0) is 0 Å². The molecule has 0 spiro atoms. The number of benzene rings is 1.